The van der Waals surface area contributed by atoms with Crippen molar-refractivity contribution >= 4 is 52.9 Å². The topological polar surface area (TPSA) is 58.5 Å². The van der Waals surface area contributed by atoms with Gasteiger partial charge in [0.1, 0.15) is 5.75 Å². The molecule has 0 fully saturated rings. The molecule has 8 heteroatoms. The van der Waals surface area contributed by atoms with E-state index in [4.69, 9.17) is 16.3 Å². The second kappa shape index (κ2) is 11.5. The van der Waals surface area contributed by atoms with Crippen LogP contribution in [0.4, 0.5) is 0 Å². The van der Waals surface area contributed by atoms with Crippen LogP contribution in [0, 0.1) is 6.92 Å². The van der Waals surface area contributed by atoms with Gasteiger partial charge < -0.3 is 15.4 Å². The van der Waals surface area contributed by atoms with Crippen molar-refractivity contribution in [2.45, 2.75) is 19.8 Å². The fraction of sp³-hybridized carbons (Fsp3) is 0.412. The standard InChI is InChI=1S/C17H23ClN4OS.HI/c1-12-22-14(11-24-12)7-9-21-17(19-2)20-8-6-13-4-5-15(23-3)10-16(13)18;/h4-5,10-11H,6-9H2,1-3H3,(H2,19,20,21);1H. The van der Waals surface area contributed by atoms with Gasteiger partial charge in [0.25, 0.3) is 0 Å². The van der Waals surface area contributed by atoms with E-state index in [1.54, 1.807) is 25.5 Å². The normalized spacial score (nSPS) is 11.0. The Kier molecular flexibility index (Phi) is 10.1. The third kappa shape index (κ3) is 7.37. The van der Waals surface area contributed by atoms with Crippen molar-refractivity contribution in [2.24, 2.45) is 4.99 Å². The summed E-state index contributed by atoms with van der Waals surface area (Å²) in [6.45, 7) is 3.57. The first kappa shape index (κ1) is 22.0. The van der Waals surface area contributed by atoms with Crippen LogP contribution < -0.4 is 15.4 Å². The monoisotopic (exact) mass is 494 g/mol. The predicted octanol–water partition coefficient (Wildman–Crippen LogP) is 3.68. The first-order valence-electron chi connectivity index (χ1n) is 7.80. The lowest BCUT2D eigenvalue weighted by molar-refractivity contribution is 0.414. The first-order chi connectivity index (χ1) is 11.6. The number of methoxy groups -OCH3 is 1. The number of hydrogen-bond donors (Lipinski definition) is 2. The lowest BCUT2D eigenvalue weighted by Crippen LogP contribution is -2.39. The van der Waals surface area contributed by atoms with Crippen molar-refractivity contribution in [3.05, 3.63) is 44.9 Å². The average molecular weight is 495 g/mol. The number of nitrogens with one attached hydrogen (secondary N) is 2. The number of thiazole rings is 1. The van der Waals surface area contributed by atoms with E-state index >= 15 is 0 Å². The van der Waals surface area contributed by atoms with Gasteiger partial charge in [0.05, 0.1) is 17.8 Å². The zero-order valence-electron chi connectivity index (χ0n) is 14.6. The third-order valence-corrected chi connectivity index (χ3v) is 4.68. The molecule has 0 aliphatic heterocycles. The van der Waals surface area contributed by atoms with E-state index in [1.807, 2.05) is 25.1 Å². The van der Waals surface area contributed by atoms with Crippen LogP contribution in [0.5, 0.6) is 5.75 Å². The molecule has 0 amide bonds. The molecule has 0 unspecified atom stereocenters. The molecule has 5 nitrogen and oxygen atoms in total. The molecule has 25 heavy (non-hydrogen) atoms. The Labute approximate surface area is 175 Å². The third-order valence-electron chi connectivity index (χ3n) is 3.51. The molecule has 0 saturated heterocycles. The van der Waals surface area contributed by atoms with Gasteiger partial charge in [-0.2, -0.15) is 0 Å². The molecule has 1 heterocycles. The minimum atomic E-state index is 0. The second-order valence-corrected chi connectivity index (χ2v) is 6.71. The zero-order valence-corrected chi connectivity index (χ0v) is 18.5. The summed E-state index contributed by atoms with van der Waals surface area (Å²) in [6, 6.07) is 5.74. The quantitative estimate of drug-likeness (QED) is 0.350. The van der Waals surface area contributed by atoms with Crippen LogP contribution in [0.2, 0.25) is 5.02 Å². The number of aliphatic imine (C=N–C) groups is 1. The molecule has 0 saturated carbocycles. The summed E-state index contributed by atoms with van der Waals surface area (Å²) in [7, 11) is 3.40. The van der Waals surface area contributed by atoms with E-state index in [2.05, 4.69) is 26.0 Å². The number of halogens is 2. The Morgan fingerprint density at radius 3 is 2.56 bits per heavy atom. The van der Waals surface area contributed by atoms with Gasteiger partial charge in [0.15, 0.2) is 5.96 Å². The van der Waals surface area contributed by atoms with Crippen LogP contribution in [0.1, 0.15) is 16.3 Å². The smallest absolute Gasteiger partial charge is 0.190 e. The largest absolute Gasteiger partial charge is 0.497 e. The van der Waals surface area contributed by atoms with Gasteiger partial charge in [-0.15, -0.1) is 35.3 Å². The van der Waals surface area contributed by atoms with Gasteiger partial charge in [-0.05, 0) is 31.0 Å². The Balaban J connectivity index is 0.00000312. The number of aryl methyl sites for hydroxylation is 1. The first-order valence-corrected chi connectivity index (χ1v) is 9.06. The fourth-order valence-electron chi connectivity index (χ4n) is 2.23. The zero-order chi connectivity index (χ0) is 17.4. The number of ether oxygens (including phenoxy) is 1. The molecular formula is C17H24ClIN4OS. The van der Waals surface area contributed by atoms with Crippen LogP contribution in [0.3, 0.4) is 0 Å². The second-order valence-electron chi connectivity index (χ2n) is 5.24. The Morgan fingerprint density at radius 1 is 1.28 bits per heavy atom. The highest BCUT2D eigenvalue weighted by Gasteiger charge is 2.04. The molecule has 0 atom stereocenters. The molecule has 2 rings (SSSR count). The van der Waals surface area contributed by atoms with E-state index in [-0.39, 0.29) is 24.0 Å². The molecule has 0 aliphatic carbocycles. The molecule has 2 aromatic rings. The molecule has 1 aromatic carbocycles. The van der Waals surface area contributed by atoms with Crippen molar-refractivity contribution < 1.29 is 4.74 Å². The van der Waals surface area contributed by atoms with Crippen LogP contribution in [0.25, 0.3) is 0 Å². The average Bonchev–Trinajstić information content (AvgIpc) is 3.00. The summed E-state index contributed by atoms with van der Waals surface area (Å²) in [5.41, 5.74) is 2.20. The summed E-state index contributed by atoms with van der Waals surface area (Å²) in [5.74, 6) is 1.55. The number of aromatic nitrogens is 1. The molecule has 1 aromatic heterocycles. The molecular weight excluding hydrogens is 471 g/mol. The van der Waals surface area contributed by atoms with E-state index < -0.39 is 0 Å². The Morgan fingerprint density at radius 2 is 2.00 bits per heavy atom. The molecule has 0 aliphatic rings. The molecule has 0 spiro atoms. The Bertz CT molecular complexity index is 693. The van der Waals surface area contributed by atoms with Gasteiger partial charge in [0.2, 0.25) is 0 Å². The molecule has 2 N–H and O–H groups in total. The van der Waals surface area contributed by atoms with E-state index in [9.17, 15) is 0 Å². The van der Waals surface area contributed by atoms with E-state index in [0.717, 1.165) is 58.9 Å². The van der Waals surface area contributed by atoms with Crippen LogP contribution in [0.15, 0.2) is 28.6 Å². The number of nitrogens with zero attached hydrogens (tertiary/aromatic N) is 2. The van der Waals surface area contributed by atoms with Gasteiger partial charge in [-0.25, -0.2) is 4.98 Å². The number of benzene rings is 1. The van der Waals surface area contributed by atoms with Gasteiger partial charge in [0, 0.05) is 37.0 Å². The van der Waals surface area contributed by atoms with Gasteiger partial charge in [-0.3, -0.25) is 4.99 Å². The summed E-state index contributed by atoms with van der Waals surface area (Å²) < 4.78 is 5.16. The van der Waals surface area contributed by atoms with E-state index in [1.165, 1.54) is 0 Å². The number of hydrogen-bond acceptors (Lipinski definition) is 4. The lowest BCUT2D eigenvalue weighted by atomic mass is 10.1. The lowest BCUT2D eigenvalue weighted by Gasteiger charge is -2.12. The van der Waals surface area contributed by atoms with Crippen LogP contribution >= 0.6 is 46.9 Å². The highest BCUT2D eigenvalue weighted by atomic mass is 127. The maximum atomic E-state index is 6.25. The van der Waals surface area contributed by atoms with Crippen molar-refractivity contribution in [1.82, 2.24) is 15.6 Å². The summed E-state index contributed by atoms with van der Waals surface area (Å²) in [4.78, 5) is 8.68. The molecule has 138 valence electrons. The summed E-state index contributed by atoms with van der Waals surface area (Å²) >= 11 is 7.93. The highest BCUT2D eigenvalue weighted by molar-refractivity contribution is 14.0. The fourth-order valence-corrected chi connectivity index (χ4v) is 3.14. The van der Waals surface area contributed by atoms with Gasteiger partial charge in [-0.1, -0.05) is 17.7 Å². The Hall–Kier alpha value is -1.06. The predicted molar refractivity (Wildman–Crippen MR) is 117 cm³/mol. The maximum Gasteiger partial charge on any atom is 0.190 e. The molecule has 0 bridgehead atoms. The minimum Gasteiger partial charge on any atom is -0.497 e. The summed E-state index contributed by atoms with van der Waals surface area (Å²) in [6.07, 6.45) is 1.70. The van der Waals surface area contributed by atoms with E-state index in [0.29, 0.717) is 0 Å². The van der Waals surface area contributed by atoms with Crippen molar-refractivity contribution in [3.8, 4) is 5.75 Å². The van der Waals surface area contributed by atoms with Crippen molar-refractivity contribution in [1.29, 1.82) is 0 Å². The SMILES string of the molecule is CN=C(NCCc1csc(C)n1)NCCc1ccc(OC)cc1Cl.I. The number of rotatable bonds is 7. The number of guanidine groups is 1. The van der Waals surface area contributed by atoms with Crippen molar-refractivity contribution in [2.75, 3.05) is 27.2 Å². The molecule has 0 radical (unpaired) electrons. The highest BCUT2D eigenvalue weighted by Crippen LogP contribution is 2.22. The maximum absolute atomic E-state index is 6.25. The summed E-state index contributed by atoms with van der Waals surface area (Å²) in [5, 5.41) is 10.5. The minimum absolute atomic E-state index is 0. The van der Waals surface area contributed by atoms with Crippen molar-refractivity contribution in [3.63, 3.8) is 0 Å². The van der Waals surface area contributed by atoms with Gasteiger partial charge >= 0.3 is 0 Å². The van der Waals surface area contributed by atoms with Crippen LogP contribution in [-0.4, -0.2) is 38.2 Å². The van der Waals surface area contributed by atoms with Crippen LogP contribution in [-0.2, 0) is 12.8 Å².